The van der Waals surface area contributed by atoms with Gasteiger partial charge in [-0.3, -0.25) is 0 Å². The van der Waals surface area contributed by atoms with Crippen molar-refractivity contribution in [3.63, 3.8) is 0 Å². The Morgan fingerprint density at radius 2 is 2.19 bits per heavy atom. The van der Waals surface area contributed by atoms with Crippen LogP contribution in [0.5, 0.6) is 0 Å². The third-order valence-electron chi connectivity index (χ3n) is 4.68. The van der Waals surface area contributed by atoms with Crippen LogP contribution in [0.3, 0.4) is 0 Å². The quantitative estimate of drug-likeness (QED) is 0.374. The minimum atomic E-state index is 0.305. The molecule has 27 heavy (non-hydrogen) atoms. The van der Waals surface area contributed by atoms with E-state index in [1.807, 2.05) is 0 Å². The van der Waals surface area contributed by atoms with Crippen molar-refractivity contribution in [2.75, 3.05) is 51.9 Å². The smallest absolute Gasteiger partial charge is 0.191 e. The number of nitrogens with zero attached hydrogens (tertiary/aromatic N) is 2. The van der Waals surface area contributed by atoms with Crippen molar-refractivity contribution in [2.45, 2.75) is 45.8 Å². The van der Waals surface area contributed by atoms with E-state index in [9.17, 15) is 0 Å². The summed E-state index contributed by atoms with van der Waals surface area (Å²) in [5.74, 6) is 0.854. The van der Waals surface area contributed by atoms with E-state index in [1.54, 1.807) is 0 Å². The number of nitrogens with one attached hydrogen (secondary N) is 2. The number of hydrogen-bond acceptors (Lipinski definition) is 4. The fourth-order valence-electron chi connectivity index (χ4n) is 3.01. The zero-order chi connectivity index (χ0) is 19.5. The second-order valence-electron chi connectivity index (χ2n) is 7.19. The van der Waals surface area contributed by atoms with Crippen molar-refractivity contribution in [1.29, 1.82) is 0 Å². The van der Waals surface area contributed by atoms with Crippen LogP contribution in [0, 0.1) is 6.92 Å². The average molecular weight is 377 g/mol. The summed E-state index contributed by atoms with van der Waals surface area (Å²) in [7, 11) is 4.12. The van der Waals surface area contributed by atoms with Gasteiger partial charge in [0.1, 0.15) is 0 Å². The van der Waals surface area contributed by atoms with Gasteiger partial charge in [-0.2, -0.15) is 0 Å². The lowest BCUT2D eigenvalue weighted by molar-refractivity contribution is 0.0168. The van der Waals surface area contributed by atoms with Crippen molar-refractivity contribution < 1.29 is 9.47 Å². The van der Waals surface area contributed by atoms with Crippen molar-refractivity contribution >= 4 is 11.6 Å². The molecule has 1 atom stereocenters. The molecule has 1 aromatic rings. The Kier molecular flexibility index (Phi) is 9.42. The first-order chi connectivity index (χ1) is 13.1. The van der Waals surface area contributed by atoms with E-state index in [0.717, 1.165) is 58.1 Å². The van der Waals surface area contributed by atoms with Gasteiger partial charge in [-0.05, 0) is 56.4 Å². The maximum absolute atomic E-state index is 5.71. The number of aryl methyl sites for hydroxylation is 1. The first-order valence-electron chi connectivity index (χ1n) is 10.1. The number of hydrogen-bond donors (Lipinski definition) is 2. The molecule has 1 unspecified atom stereocenters. The van der Waals surface area contributed by atoms with Crippen LogP contribution in [0.25, 0.3) is 0 Å². The van der Waals surface area contributed by atoms with Gasteiger partial charge in [0.05, 0.1) is 19.3 Å². The van der Waals surface area contributed by atoms with E-state index in [1.165, 1.54) is 16.8 Å². The van der Waals surface area contributed by atoms with Crippen LogP contribution in [0.2, 0.25) is 0 Å². The van der Waals surface area contributed by atoms with Gasteiger partial charge in [0.25, 0.3) is 0 Å². The first kappa shape index (κ1) is 21.5. The third-order valence-corrected chi connectivity index (χ3v) is 4.68. The molecule has 1 aliphatic rings. The van der Waals surface area contributed by atoms with E-state index >= 15 is 0 Å². The highest BCUT2D eigenvalue weighted by molar-refractivity contribution is 5.79. The number of benzene rings is 1. The molecule has 0 aromatic heterocycles. The average Bonchev–Trinajstić information content (AvgIpc) is 3.16. The summed E-state index contributed by atoms with van der Waals surface area (Å²) in [5, 5.41) is 6.70. The molecular weight excluding hydrogens is 340 g/mol. The normalized spacial score (nSPS) is 17.2. The summed E-state index contributed by atoms with van der Waals surface area (Å²) >= 11 is 0. The number of aliphatic imine (C=N–C) groups is 1. The first-order valence-corrected chi connectivity index (χ1v) is 10.1. The van der Waals surface area contributed by atoms with Gasteiger partial charge >= 0.3 is 0 Å². The molecule has 1 heterocycles. The third kappa shape index (κ3) is 7.77. The molecule has 2 N–H and O–H groups in total. The van der Waals surface area contributed by atoms with Gasteiger partial charge in [-0.25, -0.2) is 4.99 Å². The van der Waals surface area contributed by atoms with Crippen LogP contribution in [0.15, 0.2) is 23.2 Å². The van der Waals surface area contributed by atoms with Crippen LogP contribution in [-0.2, 0) is 16.0 Å². The number of anilines is 1. The number of ether oxygens (including phenoxy) is 2. The molecule has 0 aliphatic carbocycles. The standard InChI is InChI=1S/C21H36N4O2/c1-5-22-21(23-11-7-12-26-16-20-8-6-13-27-20)24-15-18-9-10-19(25(3)4)14-17(18)2/h9-10,14,20H,5-8,11-13,15-16H2,1-4H3,(H2,22,23,24). The predicted octanol–water partition coefficient (Wildman–Crippen LogP) is 2.70. The van der Waals surface area contributed by atoms with Gasteiger partial charge in [0, 0.05) is 46.1 Å². The number of guanidine groups is 1. The van der Waals surface area contributed by atoms with E-state index in [-0.39, 0.29) is 0 Å². The van der Waals surface area contributed by atoms with E-state index < -0.39 is 0 Å². The number of rotatable bonds is 10. The van der Waals surface area contributed by atoms with Crippen molar-refractivity contribution in [2.24, 2.45) is 4.99 Å². The molecule has 1 saturated heterocycles. The van der Waals surface area contributed by atoms with Gasteiger partial charge in [-0.1, -0.05) is 6.07 Å². The second-order valence-corrected chi connectivity index (χ2v) is 7.19. The van der Waals surface area contributed by atoms with Gasteiger partial charge in [0.15, 0.2) is 5.96 Å². The Hall–Kier alpha value is -1.79. The van der Waals surface area contributed by atoms with Crippen molar-refractivity contribution in [1.82, 2.24) is 10.6 Å². The molecule has 0 spiro atoms. The lowest BCUT2D eigenvalue weighted by Crippen LogP contribution is -2.38. The Balaban J connectivity index is 1.73. The maximum Gasteiger partial charge on any atom is 0.191 e. The van der Waals surface area contributed by atoms with E-state index in [0.29, 0.717) is 12.6 Å². The van der Waals surface area contributed by atoms with E-state index in [4.69, 9.17) is 14.5 Å². The minimum Gasteiger partial charge on any atom is -0.379 e. The van der Waals surface area contributed by atoms with Crippen LogP contribution >= 0.6 is 0 Å². The summed E-state index contributed by atoms with van der Waals surface area (Å²) in [5.41, 5.74) is 3.73. The highest BCUT2D eigenvalue weighted by Gasteiger charge is 2.14. The molecule has 6 heteroatoms. The summed E-state index contributed by atoms with van der Waals surface area (Å²) < 4.78 is 11.3. The molecule has 1 aromatic carbocycles. The Labute approximate surface area is 164 Å². The molecule has 0 bridgehead atoms. The Bertz CT molecular complexity index is 584. The van der Waals surface area contributed by atoms with Gasteiger partial charge < -0.3 is 25.0 Å². The second kappa shape index (κ2) is 11.8. The summed E-state index contributed by atoms with van der Waals surface area (Å²) in [4.78, 5) is 6.84. The topological polar surface area (TPSA) is 58.1 Å². The molecular formula is C21H36N4O2. The predicted molar refractivity (Wildman–Crippen MR) is 113 cm³/mol. The molecule has 2 rings (SSSR count). The molecule has 0 saturated carbocycles. The summed E-state index contributed by atoms with van der Waals surface area (Å²) in [6, 6.07) is 6.51. The summed E-state index contributed by atoms with van der Waals surface area (Å²) in [6.45, 7) is 8.94. The monoisotopic (exact) mass is 376 g/mol. The minimum absolute atomic E-state index is 0.305. The van der Waals surface area contributed by atoms with Gasteiger partial charge in [-0.15, -0.1) is 0 Å². The van der Waals surface area contributed by atoms with Crippen LogP contribution < -0.4 is 15.5 Å². The molecule has 1 fully saturated rings. The SMILES string of the molecule is CCNC(=NCc1ccc(N(C)C)cc1C)NCCCOCC1CCCO1. The van der Waals surface area contributed by atoms with Crippen LogP contribution in [0.1, 0.15) is 37.3 Å². The lowest BCUT2D eigenvalue weighted by Gasteiger charge is -2.15. The largest absolute Gasteiger partial charge is 0.379 e. The highest BCUT2D eigenvalue weighted by atomic mass is 16.5. The fraction of sp³-hybridized carbons (Fsp3) is 0.667. The molecule has 0 amide bonds. The zero-order valence-electron chi connectivity index (χ0n) is 17.4. The molecule has 1 aliphatic heterocycles. The molecule has 6 nitrogen and oxygen atoms in total. The molecule has 152 valence electrons. The van der Waals surface area contributed by atoms with E-state index in [2.05, 4.69) is 61.7 Å². The summed E-state index contributed by atoms with van der Waals surface area (Å²) in [6.07, 6.45) is 3.55. The molecule has 0 radical (unpaired) electrons. The van der Waals surface area contributed by atoms with Crippen molar-refractivity contribution in [3.8, 4) is 0 Å². The van der Waals surface area contributed by atoms with Crippen molar-refractivity contribution in [3.05, 3.63) is 29.3 Å². The maximum atomic E-state index is 5.71. The van der Waals surface area contributed by atoms with Gasteiger partial charge in [0.2, 0.25) is 0 Å². The zero-order valence-corrected chi connectivity index (χ0v) is 17.4. The lowest BCUT2D eigenvalue weighted by atomic mass is 10.1. The van der Waals surface area contributed by atoms with Crippen LogP contribution in [-0.4, -0.2) is 59.1 Å². The van der Waals surface area contributed by atoms with Crippen LogP contribution in [0.4, 0.5) is 5.69 Å². The highest BCUT2D eigenvalue weighted by Crippen LogP contribution is 2.18. The Morgan fingerprint density at radius 1 is 1.33 bits per heavy atom. The Morgan fingerprint density at radius 3 is 2.85 bits per heavy atom. The fourth-order valence-corrected chi connectivity index (χ4v) is 3.01.